The number of carbonyl (C=O) groups is 3. The molecule has 0 aliphatic carbocycles. The number of likely N-dealkylation sites (tertiary alicyclic amines) is 1. The van der Waals surface area contributed by atoms with E-state index in [1.807, 2.05) is 42.5 Å². The van der Waals surface area contributed by atoms with E-state index in [1.165, 1.54) is 0 Å². The maximum absolute atomic E-state index is 12.8. The first-order valence-corrected chi connectivity index (χ1v) is 14.1. The summed E-state index contributed by atoms with van der Waals surface area (Å²) in [5.41, 5.74) is 2.73. The summed E-state index contributed by atoms with van der Waals surface area (Å²) in [4.78, 5) is 38.1. The molecule has 4 aromatic rings. The van der Waals surface area contributed by atoms with Gasteiger partial charge in [0, 0.05) is 12.6 Å². The monoisotopic (exact) mass is 604 g/mol. The van der Waals surface area contributed by atoms with Crippen LogP contribution >= 0.6 is 0 Å². The molecule has 44 heavy (non-hydrogen) atoms. The van der Waals surface area contributed by atoms with Crippen LogP contribution in [0.5, 0.6) is 17.2 Å². The van der Waals surface area contributed by atoms with Gasteiger partial charge in [0.05, 0.1) is 37.5 Å². The molecule has 1 aliphatic rings. The SMILES string of the molecule is COc1ccc(OC)c(NC(=O)CN2CCC(Cn3c(COc4ccccc4)nc4ccccc43)CC2)c1.O=C(O)C(=O)O. The smallest absolute Gasteiger partial charge is 0.414 e. The summed E-state index contributed by atoms with van der Waals surface area (Å²) >= 11 is 0. The number of benzene rings is 3. The highest BCUT2D eigenvalue weighted by Crippen LogP contribution is 2.29. The first-order chi connectivity index (χ1) is 21.3. The minimum Gasteiger partial charge on any atom is -0.497 e. The van der Waals surface area contributed by atoms with Crippen molar-refractivity contribution >= 4 is 34.6 Å². The zero-order valence-electron chi connectivity index (χ0n) is 24.6. The van der Waals surface area contributed by atoms with E-state index in [4.69, 9.17) is 39.0 Å². The molecule has 0 bridgehead atoms. The Kier molecular flexibility index (Phi) is 11.1. The summed E-state index contributed by atoms with van der Waals surface area (Å²) in [6.07, 6.45) is 2.03. The number of hydrogen-bond acceptors (Lipinski definition) is 8. The maximum Gasteiger partial charge on any atom is 0.414 e. The number of ether oxygens (including phenoxy) is 3. The second kappa shape index (κ2) is 15.4. The van der Waals surface area contributed by atoms with Crippen molar-refractivity contribution in [2.45, 2.75) is 26.0 Å². The molecular formula is C32H36N4O8. The van der Waals surface area contributed by atoms with Crippen molar-refractivity contribution in [2.24, 2.45) is 5.92 Å². The minimum absolute atomic E-state index is 0.0593. The van der Waals surface area contributed by atoms with Crippen LogP contribution in [-0.2, 0) is 27.5 Å². The average molecular weight is 605 g/mol. The van der Waals surface area contributed by atoms with E-state index in [2.05, 4.69) is 33.0 Å². The van der Waals surface area contributed by atoms with Gasteiger partial charge >= 0.3 is 11.9 Å². The summed E-state index contributed by atoms with van der Waals surface area (Å²) in [6.45, 7) is 3.39. The summed E-state index contributed by atoms with van der Waals surface area (Å²) < 4.78 is 19.0. The lowest BCUT2D eigenvalue weighted by Gasteiger charge is -2.32. The summed E-state index contributed by atoms with van der Waals surface area (Å²) in [5, 5.41) is 17.8. The molecular weight excluding hydrogens is 568 g/mol. The number of nitrogens with one attached hydrogen (secondary N) is 1. The van der Waals surface area contributed by atoms with E-state index in [9.17, 15) is 4.79 Å². The molecule has 0 radical (unpaired) electrons. The van der Waals surface area contributed by atoms with Crippen molar-refractivity contribution in [1.29, 1.82) is 0 Å². The first kappa shape index (κ1) is 31.8. The highest BCUT2D eigenvalue weighted by Gasteiger charge is 2.23. The van der Waals surface area contributed by atoms with Crippen LogP contribution in [-0.4, -0.2) is 76.4 Å². The molecule has 1 aliphatic heterocycles. The van der Waals surface area contributed by atoms with Gasteiger partial charge in [-0.1, -0.05) is 30.3 Å². The van der Waals surface area contributed by atoms with Crippen LogP contribution in [0.3, 0.4) is 0 Å². The minimum atomic E-state index is -1.82. The Hall–Kier alpha value is -5.10. The lowest BCUT2D eigenvalue weighted by Crippen LogP contribution is -2.40. The summed E-state index contributed by atoms with van der Waals surface area (Å²) in [7, 11) is 3.19. The Bertz CT molecular complexity index is 1550. The number of aromatic nitrogens is 2. The second-order valence-electron chi connectivity index (χ2n) is 10.2. The van der Waals surface area contributed by atoms with Gasteiger partial charge in [0.15, 0.2) is 0 Å². The van der Waals surface area contributed by atoms with Crippen LogP contribution in [0.2, 0.25) is 0 Å². The van der Waals surface area contributed by atoms with E-state index in [-0.39, 0.29) is 5.91 Å². The number of carbonyl (C=O) groups excluding carboxylic acids is 1. The molecule has 1 aromatic heterocycles. The van der Waals surface area contributed by atoms with Gasteiger partial charge in [-0.05, 0) is 68.2 Å². The molecule has 3 N–H and O–H groups in total. The van der Waals surface area contributed by atoms with Crippen molar-refractivity contribution in [3.8, 4) is 17.2 Å². The number of carboxylic acids is 2. The Morgan fingerprint density at radius 2 is 1.57 bits per heavy atom. The molecule has 12 heteroatoms. The fraction of sp³-hybridized carbons (Fsp3) is 0.312. The molecule has 1 fully saturated rings. The zero-order chi connectivity index (χ0) is 31.5. The van der Waals surface area contributed by atoms with Gasteiger partial charge in [-0.25, -0.2) is 14.6 Å². The number of fused-ring (bicyclic) bond motifs is 1. The highest BCUT2D eigenvalue weighted by atomic mass is 16.5. The van der Waals surface area contributed by atoms with Gasteiger partial charge in [0.1, 0.15) is 29.7 Å². The van der Waals surface area contributed by atoms with E-state index in [0.29, 0.717) is 36.3 Å². The number of imidazole rings is 1. The molecule has 5 rings (SSSR count). The molecule has 3 aromatic carbocycles. The van der Waals surface area contributed by atoms with Crippen LogP contribution in [0.15, 0.2) is 72.8 Å². The quantitative estimate of drug-likeness (QED) is 0.225. The van der Waals surface area contributed by atoms with E-state index in [0.717, 1.165) is 55.1 Å². The third-order valence-electron chi connectivity index (χ3n) is 7.22. The zero-order valence-corrected chi connectivity index (χ0v) is 24.6. The Morgan fingerprint density at radius 1 is 0.886 bits per heavy atom. The van der Waals surface area contributed by atoms with Crippen molar-refractivity contribution < 1.29 is 38.8 Å². The standard InChI is InChI=1S/C30H34N4O4.C2H2O4/c1-36-24-12-13-28(37-2)26(18-24)32-30(35)20-33-16-14-22(15-17-33)19-34-27-11-7-6-10-25(27)31-29(34)21-38-23-8-4-3-5-9-23;3-1(4)2(5)6/h3-13,18,22H,14-17,19-21H2,1-2H3,(H,32,35);(H,3,4)(H,5,6). The topological polar surface area (TPSA) is 152 Å². The Morgan fingerprint density at radius 3 is 2.23 bits per heavy atom. The van der Waals surface area contributed by atoms with Gasteiger partial charge in [-0.3, -0.25) is 9.69 Å². The van der Waals surface area contributed by atoms with Crippen LogP contribution in [0.25, 0.3) is 11.0 Å². The second-order valence-corrected chi connectivity index (χ2v) is 10.2. The Labute approximate surface area is 254 Å². The van der Waals surface area contributed by atoms with Crippen molar-refractivity contribution in [1.82, 2.24) is 14.5 Å². The number of piperidine rings is 1. The largest absolute Gasteiger partial charge is 0.497 e. The maximum atomic E-state index is 12.8. The fourth-order valence-corrected chi connectivity index (χ4v) is 4.99. The van der Waals surface area contributed by atoms with E-state index >= 15 is 0 Å². The number of aliphatic carboxylic acids is 2. The van der Waals surface area contributed by atoms with Crippen LogP contribution < -0.4 is 19.5 Å². The van der Waals surface area contributed by atoms with Crippen LogP contribution in [0, 0.1) is 5.92 Å². The molecule has 232 valence electrons. The van der Waals surface area contributed by atoms with Crippen molar-refractivity contribution in [3.05, 3.63) is 78.6 Å². The van der Waals surface area contributed by atoms with Gasteiger partial charge in [0.25, 0.3) is 0 Å². The number of anilines is 1. The molecule has 2 heterocycles. The molecule has 12 nitrogen and oxygen atoms in total. The normalized spacial score (nSPS) is 13.4. The first-order valence-electron chi connectivity index (χ1n) is 14.1. The number of amides is 1. The molecule has 1 saturated heterocycles. The number of para-hydroxylation sites is 3. The number of rotatable bonds is 10. The molecule has 0 unspecified atom stereocenters. The molecule has 0 spiro atoms. The number of nitrogens with zero attached hydrogens (tertiary/aromatic N) is 3. The lowest BCUT2D eigenvalue weighted by atomic mass is 9.96. The van der Waals surface area contributed by atoms with Crippen molar-refractivity contribution in [3.63, 3.8) is 0 Å². The number of carboxylic acid groups (broad SMARTS) is 2. The Balaban J connectivity index is 0.000000670. The third kappa shape index (κ3) is 8.71. The molecule has 1 amide bonds. The molecule has 0 atom stereocenters. The summed E-state index contributed by atoms with van der Waals surface area (Å²) in [6, 6.07) is 23.5. The number of methoxy groups -OCH3 is 2. The van der Waals surface area contributed by atoms with E-state index < -0.39 is 11.9 Å². The molecule has 0 saturated carbocycles. The average Bonchev–Trinajstić information content (AvgIpc) is 3.38. The number of hydrogen-bond donors (Lipinski definition) is 3. The van der Waals surface area contributed by atoms with Gasteiger partial charge < -0.3 is 34.3 Å². The third-order valence-corrected chi connectivity index (χ3v) is 7.22. The van der Waals surface area contributed by atoms with Crippen molar-refractivity contribution in [2.75, 3.05) is 39.2 Å². The van der Waals surface area contributed by atoms with Crippen LogP contribution in [0.4, 0.5) is 5.69 Å². The van der Waals surface area contributed by atoms with Gasteiger partial charge in [-0.15, -0.1) is 0 Å². The van der Waals surface area contributed by atoms with Gasteiger partial charge in [0.2, 0.25) is 5.91 Å². The van der Waals surface area contributed by atoms with Gasteiger partial charge in [-0.2, -0.15) is 0 Å². The highest BCUT2D eigenvalue weighted by molar-refractivity contribution is 6.27. The summed E-state index contributed by atoms with van der Waals surface area (Å²) in [5.74, 6) is -0.157. The van der Waals surface area contributed by atoms with Crippen LogP contribution in [0.1, 0.15) is 18.7 Å². The van der Waals surface area contributed by atoms with E-state index in [1.54, 1.807) is 26.4 Å². The predicted molar refractivity (Wildman–Crippen MR) is 163 cm³/mol. The predicted octanol–water partition coefficient (Wildman–Crippen LogP) is 4.14. The lowest BCUT2D eigenvalue weighted by molar-refractivity contribution is -0.159. The fourth-order valence-electron chi connectivity index (χ4n) is 4.99.